The molecule has 0 spiro atoms. The molecule has 0 saturated carbocycles. The molecule has 10 rings (SSSR count). The molecule has 218 valence electrons. The van der Waals surface area contributed by atoms with Crippen molar-refractivity contribution < 1.29 is 0 Å². The van der Waals surface area contributed by atoms with E-state index in [1.807, 2.05) is 68.0 Å². The second-order valence-electron chi connectivity index (χ2n) is 12.0. The Morgan fingerprint density at radius 3 is 0.886 bits per heavy atom. The fourth-order valence-corrected chi connectivity index (χ4v) is 16.1. The van der Waals surface area contributed by atoms with Crippen LogP contribution in [0.15, 0.2) is 59.3 Å². The van der Waals surface area contributed by atoms with Gasteiger partial charge in [0.15, 0.2) is 0 Å². The van der Waals surface area contributed by atoms with E-state index >= 15 is 0 Å². The average Bonchev–Trinajstić information content (AvgIpc) is 3.89. The second-order valence-corrected chi connectivity index (χ2v) is 19.1. The zero-order valence-corrected chi connectivity index (χ0v) is 29.7. The van der Waals surface area contributed by atoms with Crippen LogP contribution in [0.2, 0.25) is 0 Å². The highest BCUT2D eigenvalue weighted by molar-refractivity contribution is 7.31. The number of hydrogen-bond acceptors (Lipinski definition) is 7. The third kappa shape index (κ3) is 4.20. The van der Waals surface area contributed by atoms with Gasteiger partial charge >= 0.3 is 0 Å². The highest BCUT2D eigenvalue weighted by Gasteiger charge is 2.29. The van der Waals surface area contributed by atoms with Crippen molar-refractivity contribution in [1.29, 1.82) is 0 Å². The van der Waals surface area contributed by atoms with Gasteiger partial charge < -0.3 is 0 Å². The number of hydrogen-bond donors (Lipinski definition) is 0. The lowest BCUT2D eigenvalue weighted by Crippen LogP contribution is -1.78. The van der Waals surface area contributed by atoms with Gasteiger partial charge in [0.1, 0.15) is 0 Å². The van der Waals surface area contributed by atoms with E-state index < -0.39 is 0 Å². The van der Waals surface area contributed by atoms with Gasteiger partial charge in [0.25, 0.3) is 0 Å². The Morgan fingerprint density at radius 2 is 0.614 bits per heavy atom. The Kier molecular flexibility index (Phi) is 6.60. The molecule has 0 fully saturated rings. The molecule has 7 aromatic heterocycles. The number of thiophene rings is 7. The molecule has 0 radical (unpaired) electrons. The lowest BCUT2D eigenvalue weighted by atomic mass is 10.1. The van der Waals surface area contributed by atoms with E-state index in [2.05, 4.69) is 70.6 Å². The zero-order chi connectivity index (χ0) is 28.8. The van der Waals surface area contributed by atoms with Crippen LogP contribution in [0.4, 0.5) is 0 Å². The molecule has 0 unspecified atom stereocenters. The first-order valence-electron chi connectivity index (χ1n) is 15.5. The van der Waals surface area contributed by atoms with Crippen LogP contribution in [0, 0.1) is 0 Å². The number of rotatable bonds is 6. The molecule has 3 aliphatic rings. The monoisotopic (exact) mass is 696 g/mol. The van der Waals surface area contributed by atoms with Crippen molar-refractivity contribution >= 4 is 79.4 Å². The maximum atomic E-state index is 2.43. The Balaban J connectivity index is 1.02. The van der Waals surface area contributed by atoms with E-state index in [0.717, 1.165) is 0 Å². The van der Waals surface area contributed by atoms with Gasteiger partial charge in [-0.1, -0.05) is 12.1 Å². The minimum absolute atomic E-state index is 1.23. The molecule has 44 heavy (non-hydrogen) atoms. The van der Waals surface area contributed by atoms with Crippen LogP contribution in [0.5, 0.6) is 0 Å². The van der Waals surface area contributed by atoms with Crippen LogP contribution in [0.1, 0.15) is 52.6 Å². The normalized spacial score (nSPS) is 15.4. The first-order valence-corrected chi connectivity index (χ1v) is 21.4. The van der Waals surface area contributed by atoms with Gasteiger partial charge in [0.2, 0.25) is 0 Å². The predicted molar refractivity (Wildman–Crippen MR) is 200 cm³/mol. The van der Waals surface area contributed by atoms with Crippen molar-refractivity contribution in [3.63, 3.8) is 0 Å². The lowest BCUT2D eigenvalue weighted by molar-refractivity contribution is 0.912. The van der Waals surface area contributed by atoms with E-state index in [4.69, 9.17) is 0 Å². The Labute approximate surface area is 286 Å². The summed E-state index contributed by atoms with van der Waals surface area (Å²) in [6.07, 6.45) is 11.3. The molecular formula is C37H28S7. The summed E-state index contributed by atoms with van der Waals surface area (Å²) in [5.41, 5.74) is 9.82. The Morgan fingerprint density at radius 1 is 0.318 bits per heavy atom. The topological polar surface area (TPSA) is 0 Å². The molecule has 7 aromatic rings. The van der Waals surface area contributed by atoms with Crippen LogP contribution in [0.3, 0.4) is 0 Å². The minimum Gasteiger partial charge on any atom is -0.143 e. The van der Waals surface area contributed by atoms with Gasteiger partial charge in [0, 0.05) is 58.5 Å². The summed E-state index contributed by atoms with van der Waals surface area (Å²) in [7, 11) is 0. The van der Waals surface area contributed by atoms with Gasteiger partial charge in [-0.25, -0.2) is 0 Å². The first-order chi connectivity index (χ1) is 21.8. The van der Waals surface area contributed by atoms with E-state index in [0.29, 0.717) is 0 Å². The average molecular weight is 697 g/mol. The van der Waals surface area contributed by atoms with E-state index in [1.54, 1.807) is 52.9 Å². The maximum absolute atomic E-state index is 2.43. The SMILES string of the molecule is c1csc(-c2sc(-c3ccc(-c4sc(-c5ccc(-c6sc(-c7cccs7)c7c6CCC7)s5)c5c4CCC5)s3)c3c2CCC3)c1. The fraction of sp³-hybridized carbons (Fsp3) is 0.243. The summed E-state index contributed by atoms with van der Waals surface area (Å²) in [6, 6.07) is 18.7. The van der Waals surface area contributed by atoms with Gasteiger partial charge in [-0.05, 0) is 138 Å². The van der Waals surface area contributed by atoms with Gasteiger partial charge in [-0.2, -0.15) is 0 Å². The lowest BCUT2D eigenvalue weighted by Gasteiger charge is -1.98. The summed E-state index contributed by atoms with van der Waals surface area (Å²) in [4.78, 5) is 18.0. The van der Waals surface area contributed by atoms with Crippen LogP contribution in [-0.4, -0.2) is 0 Å². The number of fused-ring (bicyclic) bond motifs is 3. The summed E-state index contributed by atoms with van der Waals surface area (Å²) in [5.74, 6) is 0. The molecule has 3 aliphatic carbocycles. The first kappa shape index (κ1) is 27.1. The predicted octanol–water partition coefficient (Wildman–Crippen LogP) is 13.6. The smallest absolute Gasteiger partial charge is 0.0484 e. The van der Waals surface area contributed by atoms with Crippen molar-refractivity contribution in [1.82, 2.24) is 0 Å². The van der Waals surface area contributed by atoms with E-state index in [-0.39, 0.29) is 0 Å². The molecule has 0 saturated heterocycles. The van der Waals surface area contributed by atoms with E-state index in [9.17, 15) is 0 Å². The quantitative estimate of drug-likeness (QED) is 0.162. The maximum Gasteiger partial charge on any atom is 0.0484 e. The molecule has 0 nitrogen and oxygen atoms in total. The standard InChI is InChI=1S/C37H28S7/c1-6-20-22(8-1)34(42-32(20)26-12-4-18-38-26)28-14-16-30(40-28)36-24-10-3-11-25(24)37(44-36)31-17-15-29(41-31)35-23-9-2-7-21(23)33(43-35)27-13-5-19-39-27/h4-5,12-19H,1-3,6-11H2. The minimum atomic E-state index is 1.23. The van der Waals surface area contributed by atoms with E-state index in [1.165, 1.54) is 96.8 Å². The second kappa shape index (κ2) is 10.7. The molecule has 7 heterocycles. The Hall–Kier alpha value is -2.10. The fourth-order valence-electron chi connectivity index (χ4n) is 7.58. The summed E-state index contributed by atoms with van der Waals surface area (Å²) in [6.45, 7) is 0. The van der Waals surface area contributed by atoms with Gasteiger partial charge in [-0.3, -0.25) is 0 Å². The van der Waals surface area contributed by atoms with Crippen molar-refractivity contribution in [2.24, 2.45) is 0 Å². The molecule has 0 N–H and O–H groups in total. The molecule has 0 aromatic carbocycles. The molecule has 0 aliphatic heterocycles. The van der Waals surface area contributed by atoms with Crippen LogP contribution in [0.25, 0.3) is 58.5 Å². The molecule has 0 atom stereocenters. The third-order valence-electron chi connectivity index (χ3n) is 9.51. The summed E-state index contributed by atoms with van der Waals surface area (Å²) >= 11 is 14.0. The molecule has 0 bridgehead atoms. The molecular weight excluding hydrogens is 669 g/mol. The largest absolute Gasteiger partial charge is 0.143 e. The molecule has 0 amide bonds. The highest BCUT2D eigenvalue weighted by atomic mass is 32.1. The zero-order valence-electron chi connectivity index (χ0n) is 24.0. The van der Waals surface area contributed by atoms with Crippen molar-refractivity contribution in [3.05, 3.63) is 92.7 Å². The van der Waals surface area contributed by atoms with Gasteiger partial charge in [-0.15, -0.1) is 79.4 Å². The van der Waals surface area contributed by atoms with Gasteiger partial charge in [0.05, 0.1) is 0 Å². The van der Waals surface area contributed by atoms with Crippen molar-refractivity contribution in [2.75, 3.05) is 0 Å². The van der Waals surface area contributed by atoms with Crippen molar-refractivity contribution in [2.45, 2.75) is 57.8 Å². The Bertz CT molecular complexity index is 2000. The van der Waals surface area contributed by atoms with Crippen LogP contribution >= 0.6 is 79.4 Å². The van der Waals surface area contributed by atoms with Crippen LogP contribution in [-0.2, 0) is 38.5 Å². The third-order valence-corrected chi connectivity index (χ3v) is 18.3. The summed E-state index contributed by atoms with van der Waals surface area (Å²) in [5, 5.41) is 4.44. The molecule has 7 heteroatoms. The summed E-state index contributed by atoms with van der Waals surface area (Å²) < 4.78 is 0. The van der Waals surface area contributed by atoms with Crippen LogP contribution < -0.4 is 0 Å². The highest BCUT2D eigenvalue weighted by Crippen LogP contribution is 2.55. The van der Waals surface area contributed by atoms with Crippen molar-refractivity contribution in [3.8, 4) is 58.5 Å².